The highest BCUT2D eigenvalue weighted by Gasteiger charge is 2.48. The van der Waals surface area contributed by atoms with Crippen LogP contribution in [0, 0.1) is 12.8 Å². The fraction of sp³-hybridized carbons (Fsp3) is 0.423. The minimum Gasteiger partial charge on any atom is -0.496 e. The number of benzene rings is 2. The molecule has 0 bridgehead atoms. The molecule has 0 fully saturated rings. The maximum absolute atomic E-state index is 12.5. The summed E-state index contributed by atoms with van der Waals surface area (Å²) >= 11 is 0. The largest absolute Gasteiger partial charge is 0.496 e. The third-order valence-corrected chi connectivity index (χ3v) is 6.50. The molecule has 0 saturated carbocycles. The summed E-state index contributed by atoms with van der Waals surface area (Å²) in [6.45, 7) is 7.47. The van der Waals surface area contributed by atoms with Crippen molar-refractivity contribution in [3.8, 4) is 17.2 Å². The van der Waals surface area contributed by atoms with E-state index in [-0.39, 0.29) is 12.4 Å². The van der Waals surface area contributed by atoms with Gasteiger partial charge in [0.25, 0.3) is 0 Å². The van der Waals surface area contributed by atoms with Crippen molar-refractivity contribution >= 4 is 5.97 Å². The first-order valence-corrected chi connectivity index (χ1v) is 10.8. The van der Waals surface area contributed by atoms with Crippen LogP contribution in [0.3, 0.4) is 0 Å². The van der Waals surface area contributed by atoms with Gasteiger partial charge >= 0.3 is 5.97 Å². The molecule has 1 aliphatic heterocycles. The van der Waals surface area contributed by atoms with Crippen molar-refractivity contribution in [2.75, 3.05) is 21.3 Å². The molecule has 3 atom stereocenters. The van der Waals surface area contributed by atoms with Crippen LogP contribution < -0.4 is 14.2 Å². The molecule has 7 heteroatoms. The minimum absolute atomic E-state index is 0.000892. The SMILES string of the molecule is COC(=O)C1=C(C)[C@@H](O)[C@@H](C)[C@](C)(c2cc(OC)c(C)c(OC)c2COc2ccccc2)O1. The lowest BCUT2D eigenvalue weighted by Gasteiger charge is -2.44. The second kappa shape index (κ2) is 9.75. The molecule has 0 spiro atoms. The van der Waals surface area contributed by atoms with Crippen LogP contribution in [0.1, 0.15) is 37.5 Å². The molecule has 33 heavy (non-hydrogen) atoms. The molecule has 178 valence electrons. The molecule has 0 unspecified atom stereocenters. The second-order valence-electron chi connectivity index (χ2n) is 8.31. The number of aliphatic hydroxyl groups excluding tert-OH is 1. The molecule has 0 amide bonds. The molecular formula is C26H32O7. The van der Waals surface area contributed by atoms with Crippen molar-refractivity contribution in [2.24, 2.45) is 5.92 Å². The van der Waals surface area contributed by atoms with E-state index in [1.165, 1.54) is 7.11 Å². The fourth-order valence-electron chi connectivity index (χ4n) is 4.33. The third kappa shape index (κ3) is 4.37. The molecule has 2 aromatic rings. The van der Waals surface area contributed by atoms with Gasteiger partial charge in [-0.15, -0.1) is 0 Å². The van der Waals surface area contributed by atoms with Gasteiger partial charge in [0, 0.05) is 28.2 Å². The van der Waals surface area contributed by atoms with E-state index in [1.54, 1.807) is 21.1 Å². The number of hydrogen-bond acceptors (Lipinski definition) is 7. The van der Waals surface area contributed by atoms with Crippen molar-refractivity contribution in [2.45, 2.75) is 46.0 Å². The number of rotatable bonds is 7. The molecule has 0 radical (unpaired) electrons. The molecule has 3 rings (SSSR count). The zero-order chi connectivity index (χ0) is 24.3. The number of hydrogen-bond donors (Lipinski definition) is 1. The average molecular weight is 457 g/mol. The third-order valence-electron chi connectivity index (χ3n) is 6.50. The smallest absolute Gasteiger partial charge is 0.373 e. The summed E-state index contributed by atoms with van der Waals surface area (Å²) in [5.41, 5.74) is 1.57. The monoisotopic (exact) mass is 456 g/mol. The van der Waals surface area contributed by atoms with Crippen LogP contribution in [0.25, 0.3) is 0 Å². The number of carbonyl (C=O) groups excluding carboxylic acids is 1. The van der Waals surface area contributed by atoms with Gasteiger partial charge in [0.15, 0.2) is 0 Å². The van der Waals surface area contributed by atoms with Gasteiger partial charge in [0.2, 0.25) is 5.76 Å². The lowest BCUT2D eigenvalue weighted by molar-refractivity contribution is -0.152. The van der Waals surface area contributed by atoms with Crippen molar-refractivity contribution in [1.82, 2.24) is 0 Å². The molecule has 0 aromatic heterocycles. The van der Waals surface area contributed by atoms with Gasteiger partial charge in [-0.3, -0.25) is 0 Å². The van der Waals surface area contributed by atoms with Crippen molar-refractivity contribution in [3.05, 3.63) is 64.4 Å². The molecule has 0 saturated heterocycles. The Labute approximate surface area is 194 Å². The molecule has 0 aliphatic carbocycles. The molecule has 1 heterocycles. The van der Waals surface area contributed by atoms with Crippen LogP contribution in [0.4, 0.5) is 0 Å². The van der Waals surface area contributed by atoms with E-state index in [0.29, 0.717) is 28.4 Å². The Morgan fingerprint density at radius 1 is 1.12 bits per heavy atom. The van der Waals surface area contributed by atoms with Crippen LogP contribution in [0.2, 0.25) is 0 Å². The zero-order valence-electron chi connectivity index (χ0n) is 20.2. The summed E-state index contributed by atoms with van der Waals surface area (Å²) in [7, 11) is 4.45. The van der Waals surface area contributed by atoms with E-state index in [2.05, 4.69) is 0 Å². The Balaban J connectivity index is 2.20. The standard InChI is InChI=1S/C26H32O7/c1-15-21(29-5)13-20(19(23(15)30-6)14-32-18-11-9-8-10-12-18)26(4)17(3)22(27)16(2)24(33-26)25(28)31-7/h8-13,17,22,27H,14H2,1-7H3/t17-,22-,26-/m1/s1. The van der Waals surface area contributed by atoms with Crippen LogP contribution >= 0.6 is 0 Å². The zero-order valence-corrected chi connectivity index (χ0v) is 20.2. The lowest BCUT2D eigenvalue weighted by Crippen LogP contribution is -2.46. The van der Waals surface area contributed by atoms with Gasteiger partial charge in [0.1, 0.15) is 29.5 Å². The summed E-state index contributed by atoms with van der Waals surface area (Å²) in [4.78, 5) is 12.5. The minimum atomic E-state index is -1.11. The highest BCUT2D eigenvalue weighted by atomic mass is 16.6. The quantitative estimate of drug-likeness (QED) is 0.623. The van der Waals surface area contributed by atoms with Crippen LogP contribution in [-0.2, 0) is 26.5 Å². The molecule has 2 aromatic carbocycles. The number of esters is 1. The van der Waals surface area contributed by atoms with Crippen LogP contribution in [0.5, 0.6) is 17.2 Å². The Morgan fingerprint density at radius 3 is 2.36 bits per heavy atom. The lowest BCUT2D eigenvalue weighted by atomic mass is 9.74. The normalized spacial score (nSPS) is 22.4. The van der Waals surface area contributed by atoms with Crippen molar-refractivity contribution in [3.63, 3.8) is 0 Å². The Bertz CT molecular complexity index is 1040. The summed E-state index contributed by atoms with van der Waals surface area (Å²) in [5, 5.41) is 11.0. The Morgan fingerprint density at radius 2 is 1.79 bits per heavy atom. The number of para-hydroxylation sites is 1. The van der Waals surface area contributed by atoms with E-state index < -0.39 is 23.6 Å². The summed E-state index contributed by atoms with van der Waals surface area (Å²) in [6, 6.07) is 11.3. The first kappa shape index (κ1) is 24.5. The Kier molecular flexibility index (Phi) is 7.22. The number of aliphatic hydroxyl groups is 1. The van der Waals surface area contributed by atoms with Gasteiger partial charge in [-0.1, -0.05) is 25.1 Å². The van der Waals surface area contributed by atoms with E-state index in [0.717, 1.165) is 11.1 Å². The van der Waals surface area contributed by atoms with E-state index in [9.17, 15) is 9.90 Å². The first-order chi connectivity index (χ1) is 15.7. The molecular weight excluding hydrogens is 424 g/mol. The maximum atomic E-state index is 12.5. The highest BCUT2D eigenvalue weighted by molar-refractivity contribution is 5.87. The highest BCUT2D eigenvalue weighted by Crippen LogP contribution is 2.49. The van der Waals surface area contributed by atoms with Gasteiger partial charge in [-0.2, -0.15) is 0 Å². The second-order valence-corrected chi connectivity index (χ2v) is 8.31. The molecule has 1 N–H and O–H groups in total. The van der Waals surface area contributed by atoms with Crippen LogP contribution in [0.15, 0.2) is 47.7 Å². The van der Waals surface area contributed by atoms with E-state index >= 15 is 0 Å². The van der Waals surface area contributed by atoms with E-state index in [1.807, 2.05) is 57.2 Å². The number of carbonyl (C=O) groups is 1. The maximum Gasteiger partial charge on any atom is 0.373 e. The molecule has 1 aliphatic rings. The van der Waals surface area contributed by atoms with Gasteiger partial charge in [-0.25, -0.2) is 4.79 Å². The number of ether oxygens (including phenoxy) is 5. The van der Waals surface area contributed by atoms with E-state index in [4.69, 9.17) is 23.7 Å². The van der Waals surface area contributed by atoms with Gasteiger partial charge in [-0.05, 0) is 39.0 Å². The average Bonchev–Trinajstić information content (AvgIpc) is 2.83. The fourth-order valence-corrected chi connectivity index (χ4v) is 4.33. The summed E-state index contributed by atoms with van der Waals surface area (Å²) < 4.78 is 28.7. The number of methoxy groups -OCH3 is 3. The molecule has 7 nitrogen and oxygen atoms in total. The van der Waals surface area contributed by atoms with Gasteiger partial charge < -0.3 is 28.8 Å². The summed E-state index contributed by atoms with van der Waals surface area (Å²) in [5.74, 6) is 0.850. The topological polar surface area (TPSA) is 83.5 Å². The van der Waals surface area contributed by atoms with Crippen molar-refractivity contribution < 1.29 is 33.6 Å². The van der Waals surface area contributed by atoms with Crippen molar-refractivity contribution in [1.29, 1.82) is 0 Å². The predicted molar refractivity (Wildman–Crippen MR) is 123 cm³/mol. The Hall–Kier alpha value is -3.19. The van der Waals surface area contributed by atoms with Gasteiger partial charge in [0.05, 0.1) is 27.4 Å². The first-order valence-electron chi connectivity index (χ1n) is 10.8. The summed E-state index contributed by atoms with van der Waals surface area (Å²) in [6.07, 6.45) is -0.918. The van der Waals surface area contributed by atoms with Crippen LogP contribution in [-0.4, -0.2) is 38.5 Å². The predicted octanol–water partition coefficient (Wildman–Crippen LogP) is 4.28.